The summed E-state index contributed by atoms with van der Waals surface area (Å²) < 4.78 is 18.7. The van der Waals surface area contributed by atoms with Crippen molar-refractivity contribution < 1.29 is 19.0 Å². The van der Waals surface area contributed by atoms with Gasteiger partial charge in [0, 0.05) is 30.9 Å². The van der Waals surface area contributed by atoms with Crippen molar-refractivity contribution in [1.82, 2.24) is 15.6 Å². The van der Waals surface area contributed by atoms with Gasteiger partial charge in [0.05, 0.1) is 6.10 Å². The highest BCUT2D eigenvalue weighted by atomic mass is 19.1. The van der Waals surface area contributed by atoms with E-state index >= 15 is 0 Å². The molecule has 1 aromatic heterocycles. The van der Waals surface area contributed by atoms with Gasteiger partial charge in [-0.1, -0.05) is 12.1 Å². The predicted molar refractivity (Wildman–Crippen MR) is 82.6 cm³/mol. The van der Waals surface area contributed by atoms with Gasteiger partial charge in [-0.2, -0.15) is 0 Å². The lowest BCUT2D eigenvalue weighted by Crippen LogP contribution is -2.38. The highest BCUT2D eigenvalue weighted by Crippen LogP contribution is 2.23. The molecule has 0 saturated heterocycles. The molecule has 0 spiro atoms. The first-order valence-corrected chi connectivity index (χ1v) is 7.11. The molecule has 0 bridgehead atoms. The van der Waals surface area contributed by atoms with E-state index in [-0.39, 0.29) is 19.0 Å². The lowest BCUT2D eigenvalue weighted by atomic mass is 10.2. The van der Waals surface area contributed by atoms with Crippen LogP contribution < -0.4 is 15.4 Å². The predicted octanol–water partition coefficient (Wildman–Crippen LogP) is 2.19. The van der Waals surface area contributed by atoms with Crippen molar-refractivity contribution in [3.63, 3.8) is 0 Å². The zero-order chi connectivity index (χ0) is 16.7. The largest absolute Gasteiger partial charge is 0.439 e. The van der Waals surface area contributed by atoms with Gasteiger partial charge in [-0.15, -0.1) is 0 Å². The number of ether oxygens (including phenoxy) is 1. The molecule has 0 fully saturated rings. The number of halogens is 1. The molecule has 0 unspecified atom stereocenters. The Morgan fingerprint density at radius 2 is 2.17 bits per heavy atom. The fraction of sp³-hybridized carbons (Fsp3) is 0.250. The summed E-state index contributed by atoms with van der Waals surface area (Å²) in [6.45, 7) is 1.92. The van der Waals surface area contributed by atoms with Gasteiger partial charge in [-0.3, -0.25) is 0 Å². The van der Waals surface area contributed by atoms with Crippen molar-refractivity contribution in [3.8, 4) is 11.6 Å². The molecule has 2 rings (SSSR count). The summed E-state index contributed by atoms with van der Waals surface area (Å²) in [5, 5.41) is 14.3. The number of rotatable bonds is 6. The molecule has 2 aromatic rings. The van der Waals surface area contributed by atoms with E-state index in [1.165, 1.54) is 18.2 Å². The molecular weight excluding hydrogens is 301 g/mol. The van der Waals surface area contributed by atoms with E-state index < -0.39 is 18.0 Å². The van der Waals surface area contributed by atoms with Gasteiger partial charge in [-0.05, 0) is 25.1 Å². The third kappa shape index (κ3) is 5.55. The average Bonchev–Trinajstić information content (AvgIpc) is 2.52. The fourth-order valence-corrected chi connectivity index (χ4v) is 1.77. The summed E-state index contributed by atoms with van der Waals surface area (Å²) in [5.74, 6) is 0.202. The number of aliphatic hydroxyl groups excluding tert-OH is 1. The number of urea groups is 1. The van der Waals surface area contributed by atoms with Crippen LogP contribution in [0.3, 0.4) is 0 Å². The fourth-order valence-electron chi connectivity index (χ4n) is 1.77. The number of amides is 2. The van der Waals surface area contributed by atoms with Crippen molar-refractivity contribution in [3.05, 3.63) is 54.0 Å². The number of carbonyl (C=O) groups is 1. The van der Waals surface area contributed by atoms with Crippen molar-refractivity contribution in [2.24, 2.45) is 0 Å². The minimum Gasteiger partial charge on any atom is -0.439 e. The van der Waals surface area contributed by atoms with E-state index in [0.717, 1.165) is 0 Å². The van der Waals surface area contributed by atoms with Crippen LogP contribution in [-0.4, -0.2) is 28.8 Å². The van der Waals surface area contributed by atoms with Crippen LogP contribution in [0.1, 0.15) is 12.5 Å². The molecule has 1 atom stereocenters. The molecule has 3 N–H and O–H groups in total. The zero-order valence-corrected chi connectivity index (χ0v) is 12.6. The van der Waals surface area contributed by atoms with E-state index in [1.54, 1.807) is 31.3 Å². The summed E-state index contributed by atoms with van der Waals surface area (Å²) >= 11 is 0. The molecule has 0 saturated carbocycles. The molecule has 0 aliphatic rings. The topological polar surface area (TPSA) is 83.5 Å². The molecule has 0 aliphatic carbocycles. The Kier molecular flexibility index (Phi) is 5.87. The van der Waals surface area contributed by atoms with E-state index in [9.17, 15) is 9.18 Å². The van der Waals surface area contributed by atoms with Gasteiger partial charge in [0.2, 0.25) is 5.88 Å². The highest BCUT2D eigenvalue weighted by molar-refractivity contribution is 5.73. The quantitative estimate of drug-likeness (QED) is 0.762. The van der Waals surface area contributed by atoms with E-state index in [1.807, 2.05) is 0 Å². The molecule has 23 heavy (non-hydrogen) atoms. The second kappa shape index (κ2) is 8.09. The number of benzene rings is 1. The molecular formula is C16H18FN3O3. The molecule has 6 nitrogen and oxygen atoms in total. The molecule has 0 radical (unpaired) electrons. The Balaban J connectivity index is 1.99. The molecule has 2 amide bonds. The standard InChI is InChI=1S/C16H18FN3O3/c1-11(21)9-19-16(22)20-10-12-4-3-7-18-15(12)23-14-6-2-5-13(17)8-14/h2-8,11,21H,9-10H2,1H3,(H2,19,20,22)/t11-/m1/s1. The monoisotopic (exact) mass is 319 g/mol. The van der Waals surface area contributed by atoms with Crippen LogP contribution in [0.2, 0.25) is 0 Å². The summed E-state index contributed by atoms with van der Waals surface area (Å²) in [5.41, 5.74) is 0.643. The SMILES string of the molecule is C[C@@H](O)CNC(=O)NCc1cccnc1Oc1cccc(F)c1. The second-order valence-electron chi connectivity index (χ2n) is 4.94. The third-order valence-electron chi connectivity index (χ3n) is 2.86. The minimum atomic E-state index is -0.619. The smallest absolute Gasteiger partial charge is 0.315 e. The van der Waals surface area contributed by atoms with Crippen LogP contribution in [0.15, 0.2) is 42.6 Å². The second-order valence-corrected chi connectivity index (χ2v) is 4.94. The third-order valence-corrected chi connectivity index (χ3v) is 2.86. The van der Waals surface area contributed by atoms with Crippen LogP contribution in [0.25, 0.3) is 0 Å². The summed E-state index contributed by atoms with van der Waals surface area (Å²) in [6.07, 6.45) is 0.928. The molecule has 1 heterocycles. The van der Waals surface area contributed by atoms with Crippen molar-refractivity contribution in [1.29, 1.82) is 0 Å². The minimum absolute atomic E-state index is 0.158. The first-order chi connectivity index (χ1) is 11.0. The Labute approximate surface area is 133 Å². The van der Waals surface area contributed by atoms with Gasteiger partial charge in [-0.25, -0.2) is 14.2 Å². The maximum Gasteiger partial charge on any atom is 0.315 e. The number of carbonyl (C=O) groups excluding carboxylic acids is 1. The van der Waals surface area contributed by atoms with Crippen molar-refractivity contribution in [2.75, 3.05) is 6.54 Å². The van der Waals surface area contributed by atoms with Crippen LogP contribution in [0, 0.1) is 5.82 Å². The van der Waals surface area contributed by atoms with Gasteiger partial charge in [0.25, 0.3) is 0 Å². The Morgan fingerprint density at radius 3 is 2.91 bits per heavy atom. The molecule has 0 aliphatic heterocycles. The van der Waals surface area contributed by atoms with Crippen LogP contribution in [0.4, 0.5) is 9.18 Å². The summed E-state index contributed by atoms with van der Waals surface area (Å²) in [7, 11) is 0. The summed E-state index contributed by atoms with van der Waals surface area (Å²) in [4.78, 5) is 15.7. The zero-order valence-electron chi connectivity index (χ0n) is 12.6. The van der Waals surface area contributed by atoms with Gasteiger partial charge >= 0.3 is 6.03 Å². The first-order valence-electron chi connectivity index (χ1n) is 7.11. The van der Waals surface area contributed by atoms with Gasteiger partial charge in [0.15, 0.2) is 0 Å². The Morgan fingerprint density at radius 1 is 1.35 bits per heavy atom. The van der Waals surface area contributed by atoms with E-state index in [2.05, 4.69) is 15.6 Å². The number of nitrogens with one attached hydrogen (secondary N) is 2. The lowest BCUT2D eigenvalue weighted by molar-refractivity contribution is 0.187. The van der Waals surface area contributed by atoms with Crippen molar-refractivity contribution >= 4 is 6.03 Å². The summed E-state index contributed by atoms with van der Waals surface area (Å²) in [6, 6.07) is 8.77. The maximum atomic E-state index is 13.2. The van der Waals surface area contributed by atoms with Gasteiger partial charge in [0.1, 0.15) is 11.6 Å². The maximum absolute atomic E-state index is 13.2. The number of hydrogen-bond acceptors (Lipinski definition) is 4. The molecule has 1 aromatic carbocycles. The van der Waals surface area contributed by atoms with Crippen LogP contribution in [0.5, 0.6) is 11.6 Å². The number of nitrogens with zero attached hydrogens (tertiary/aromatic N) is 1. The number of aliphatic hydroxyl groups is 1. The lowest BCUT2D eigenvalue weighted by Gasteiger charge is -2.12. The normalized spacial score (nSPS) is 11.6. The van der Waals surface area contributed by atoms with E-state index in [4.69, 9.17) is 9.84 Å². The molecule has 122 valence electrons. The van der Waals surface area contributed by atoms with Gasteiger partial charge < -0.3 is 20.5 Å². The van der Waals surface area contributed by atoms with Crippen molar-refractivity contribution in [2.45, 2.75) is 19.6 Å². The number of pyridine rings is 1. The van der Waals surface area contributed by atoms with Crippen LogP contribution in [-0.2, 0) is 6.54 Å². The first kappa shape index (κ1) is 16.7. The average molecular weight is 319 g/mol. The number of hydrogen-bond donors (Lipinski definition) is 3. The molecule has 7 heteroatoms. The Bertz CT molecular complexity index is 665. The highest BCUT2D eigenvalue weighted by Gasteiger charge is 2.09. The number of aromatic nitrogens is 1. The van der Waals surface area contributed by atoms with Crippen LogP contribution >= 0.6 is 0 Å². The Hall–Kier alpha value is -2.67. The van der Waals surface area contributed by atoms with E-state index in [0.29, 0.717) is 11.3 Å².